The largest absolute Gasteiger partial charge is 0.281 e. The first-order valence-corrected chi connectivity index (χ1v) is 9.54. The van der Waals surface area contributed by atoms with Crippen LogP contribution in [0.5, 0.6) is 0 Å². The molecule has 4 N–H and O–H groups in total. The van der Waals surface area contributed by atoms with Gasteiger partial charge >= 0.3 is 0 Å². The highest BCUT2D eigenvalue weighted by Crippen LogP contribution is 2.27. The summed E-state index contributed by atoms with van der Waals surface area (Å²) in [7, 11) is 0. The molecule has 0 bridgehead atoms. The standard InChI is InChI=1S/C18H23N5O2S/c1-3-7-13-10-14(21-20-13)16(24)22-23-17(25)15-11(2)19-18(26-15)12-8-5-4-6-9-12/h4-6,8-9,13-14,20-21H,3,7,10H2,1-2H3,(H,22,24)(H,23,25). The van der Waals surface area contributed by atoms with Gasteiger partial charge < -0.3 is 0 Å². The van der Waals surface area contributed by atoms with Crippen LogP contribution in [0.3, 0.4) is 0 Å². The molecule has 1 fully saturated rings. The van der Waals surface area contributed by atoms with Crippen LogP contribution in [-0.4, -0.2) is 28.9 Å². The Bertz CT molecular complexity index is 777. The summed E-state index contributed by atoms with van der Waals surface area (Å²) in [6.45, 7) is 3.90. The van der Waals surface area contributed by atoms with E-state index in [1.165, 1.54) is 11.3 Å². The quantitative estimate of drug-likeness (QED) is 0.601. The molecule has 138 valence electrons. The second kappa shape index (κ2) is 8.39. The third kappa shape index (κ3) is 4.27. The molecule has 2 unspecified atom stereocenters. The lowest BCUT2D eigenvalue weighted by molar-refractivity contribution is -0.123. The number of hydrogen-bond donors (Lipinski definition) is 4. The third-order valence-electron chi connectivity index (χ3n) is 4.26. The van der Waals surface area contributed by atoms with E-state index in [0.717, 1.165) is 23.4 Å². The van der Waals surface area contributed by atoms with E-state index in [0.29, 0.717) is 17.0 Å². The SMILES string of the molecule is CCCC1CC(C(=O)NNC(=O)c2sc(-c3ccccc3)nc2C)NN1. The molecule has 2 heterocycles. The highest BCUT2D eigenvalue weighted by atomic mass is 32.1. The van der Waals surface area contributed by atoms with Gasteiger partial charge in [-0.2, -0.15) is 0 Å². The van der Waals surface area contributed by atoms with Crippen LogP contribution >= 0.6 is 11.3 Å². The van der Waals surface area contributed by atoms with Crippen molar-refractivity contribution in [3.05, 3.63) is 40.9 Å². The van der Waals surface area contributed by atoms with Gasteiger partial charge in [-0.1, -0.05) is 43.7 Å². The van der Waals surface area contributed by atoms with E-state index in [9.17, 15) is 9.59 Å². The fourth-order valence-electron chi connectivity index (χ4n) is 2.91. The molecule has 8 heteroatoms. The number of thiazole rings is 1. The molecule has 0 spiro atoms. The highest BCUT2D eigenvalue weighted by Gasteiger charge is 2.29. The Morgan fingerprint density at radius 3 is 2.73 bits per heavy atom. The summed E-state index contributed by atoms with van der Waals surface area (Å²) in [5, 5.41) is 0.781. The van der Waals surface area contributed by atoms with Crippen LogP contribution in [0.1, 0.15) is 41.6 Å². The Labute approximate surface area is 156 Å². The average molecular weight is 373 g/mol. The fourth-order valence-corrected chi connectivity index (χ4v) is 3.87. The molecule has 7 nitrogen and oxygen atoms in total. The number of carbonyl (C=O) groups excluding carboxylic acids is 2. The molecule has 2 aromatic rings. The lowest BCUT2D eigenvalue weighted by Crippen LogP contribution is -2.50. The van der Waals surface area contributed by atoms with Gasteiger partial charge in [-0.05, 0) is 19.8 Å². The summed E-state index contributed by atoms with van der Waals surface area (Å²) in [4.78, 5) is 29.6. The highest BCUT2D eigenvalue weighted by molar-refractivity contribution is 7.17. The molecular formula is C18H23N5O2S. The van der Waals surface area contributed by atoms with Gasteiger partial charge in [0.1, 0.15) is 15.9 Å². The summed E-state index contributed by atoms with van der Waals surface area (Å²) < 4.78 is 0. The molecule has 2 amide bonds. The van der Waals surface area contributed by atoms with E-state index in [1.54, 1.807) is 6.92 Å². The Morgan fingerprint density at radius 1 is 1.23 bits per heavy atom. The number of amides is 2. The van der Waals surface area contributed by atoms with Crippen molar-refractivity contribution in [3.63, 3.8) is 0 Å². The number of nitrogens with one attached hydrogen (secondary N) is 4. The van der Waals surface area contributed by atoms with E-state index in [-0.39, 0.29) is 23.9 Å². The van der Waals surface area contributed by atoms with Crippen molar-refractivity contribution < 1.29 is 9.59 Å². The monoisotopic (exact) mass is 373 g/mol. The van der Waals surface area contributed by atoms with Crippen molar-refractivity contribution in [2.45, 2.75) is 45.2 Å². The van der Waals surface area contributed by atoms with Crippen LogP contribution in [0.15, 0.2) is 30.3 Å². The molecule has 0 saturated carbocycles. The summed E-state index contributed by atoms with van der Waals surface area (Å²) in [6, 6.07) is 9.63. The summed E-state index contributed by atoms with van der Waals surface area (Å²) >= 11 is 1.31. The van der Waals surface area contributed by atoms with Crippen LogP contribution in [0.25, 0.3) is 10.6 Å². The summed E-state index contributed by atoms with van der Waals surface area (Å²) in [5.74, 6) is -0.610. The first-order valence-electron chi connectivity index (χ1n) is 8.72. The van der Waals surface area contributed by atoms with Crippen molar-refractivity contribution in [3.8, 4) is 10.6 Å². The maximum absolute atomic E-state index is 12.4. The molecule has 26 heavy (non-hydrogen) atoms. The van der Waals surface area contributed by atoms with Crippen LogP contribution in [0.2, 0.25) is 0 Å². The molecule has 3 rings (SSSR count). The zero-order valence-electron chi connectivity index (χ0n) is 14.8. The number of nitrogens with zero attached hydrogens (tertiary/aromatic N) is 1. The van der Waals surface area contributed by atoms with Gasteiger partial charge in [0.15, 0.2) is 0 Å². The number of benzene rings is 1. The van der Waals surface area contributed by atoms with Gasteiger partial charge in [-0.25, -0.2) is 10.4 Å². The second-order valence-corrected chi connectivity index (χ2v) is 7.30. The van der Waals surface area contributed by atoms with Gasteiger partial charge in [0.05, 0.1) is 5.69 Å². The van der Waals surface area contributed by atoms with E-state index in [1.807, 2.05) is 30.3 Å². The topological polar surface area (TPSA) is 95.2 Å². The molecule has 1 aromatic heterocycles. The number of hydrogen-bond acceptors (Lipinski definition) is 6. The van der Waals surface area contributed by atoms with Crippen LogP contribution in [0.4, 0.5) is 0 Å². The van der Waals surface area contributed by atoms with Gasteiger partial charge in [-0.3, -0.25) is 25.9 Å². The average Bonchev–Trinajstić information content (AvgIpc) is 3.27. The molecule has 1 aromatic carbocycles. The van der Waals surface area contributed by atoms with Gasteiger partial charge in [0.25, 0.3) is 11.8 Å². The lowest BCUT2D eigenvalue weighted by Gasteiger charge is -2.11. The predicted octanol–water partition coefficient (Wildman–Crippen LogP) is 1.91. The van der Waals surface area contributed by atoms with Gasteiger partial charge in [0, 0.05) is 11.6 Å². The smallest absolute Gasteiger partial charge is 0.271 e. The Balaban J connectivity index is 1.57. The number of carbonyl (C=O) groups is 2. The number of aromatic nitrogens is 1. The van der Waals surface area contributed by atoms with Crippen molar-refractivity contribution in [1.29, 1.82) is 0 Å². The van der Waals surface area contributed by atoms with E-state index in [2.05, 4.69) is 33.6 Å². The molecule has 1 aliphatic rings. The normalized spacial score (nSPS) is 19.3. The Hall–Kier alpha value is -2.29. The summed E-state index contributed by atoms with van der Waals surface area (Å²) in [6.07, 6.45) is 2.76. The van der Waals surface area contributed by atoms with Crippen molar-refractivity contribution >= 4 is 23.2 Å². The molecule has 0 radical (unpaired) electrons. The summed E-state index contributed by atoms with van der Waals surface area (Å²) in [5.41, 5.74) is 12.7. The first-order chi connectivity index (χ1) is 12.6. The molecule has 2 atom stereocenters. The minimum Gasteiger partial charge on any atom is -0.271 e. The predicted molar refractivity (Wildman–Crippen MR) is 101 cm³/mol. The van der Waals surface area contributed by atoms with Gasteiger partial charge in [0.2, 0.25) is 0 Å². The number of rotatable bonds is 5. The molecular weight excluding hydrogens is 350 g/mol. The van der Waals surface area contributed by atoms with E-state index in [4.69, 9.17) is 0 Å². The van der Waals surface area contributed by atoms with E-state index >= 15 is 0 Å². The molecule has 1 saturated heterocycles. The van der Waals surface area contributed by atoms with E-state index < -0.39 is 0 Å². The van der Waals surface area contributed by atoms with Crippen molar-refractivity contribution in [1.82, 2.24) is 26.7 Å². The lowest BCUT2D eigenvalue weighted by atomic mass is 10.1. The van der Waals surface area contributed by atoms with Crippen LogP contribution in [-0.2, 0) is 4.79 Å². The number of hydrazine groups is 2. The van der Waals surface area contributed by atoms with Crippen LogP contribution < -0.4 is 21.7 Å². The zero-order chi connectivity index (χ0) is 18.5. The Morgan fingerprint density at radius 2 is 2.00 bits per heavy atom. The Kier molecular flexibility index (Phi) is 5.97. The molecule has 1 aliphatic heterocycles. The first kappa shape index (κ1) is 18.5. The minimum absolute atomic E-state index is 0.255. The van der Waals surface area contributed by atoms with Crippen molar-refractivity contribution in [2.24, 2.45) is 0 Å². The maximum Gasteiger partial charge on any atom is 0.281 e. The molecule has 0 aliphatic carbocycles. The van der Waals surface area contributed by atoms with Crippen molar-refractivity contribution in [2.75, 3.05) is 0 Å². The maximum atomic E-state index is 12.4. The second-order valence-electron chi connectivity index (χ2n) is 6.31. The third-order valence-corrected chi connectivity index (χ3v) is 5.46. The fraction of sp³-hybridized carbons (Fsp3) is 0.389. The zero-order valence-corrected chi connectivity index (χ0v) is 15.7. The minimum atomic E-state index is -0.355. The van der Waals surface area contributed by atoms with Gasteiger partial charge in [-0.15, -0.1) is 11.3 Å². The van der Waals surface area contributed by atoms with Crippen LogP contribution in [0, 0.1) is 6.92 Å². The number of aryl methyl sites for hydroxylation is 1.